The van der Waals surface area contributed by atoms with Crippen molar-refractivity contribution >= 4 is 60.5 Å². The van der Waals surface area contributed by atoms with Gasteiger partial charge in [0, 0.05) is 21.1 Å². The SMILES string of the molecule is O=S(=O)(Nc1cc(Cl)ccc1Cl)c1ccc2c(c1)[C@H]1C=CC[C@H]1[C@@H](c1cccc(Br)c1)N2. The Morgan fingerprint density at radius 1 is 1.03 bits per heavy atom. The van der Waals surface area contributed by atoms with E-state index in [-0.39, 0.29) is 27.6 Å². The van der Waals surface area contributed by atoms with Crippen LogP contribution < -0.4 is 10.0 Å². The number of hydrogen-bond acceptors (Lipinski definition) is 3. The van der Waals surface area contributed by atoms with Crippen LogP contribution in [-0.4, -0.2) is 8.42 Å². The highest BCUT2D eigenvalue weighted by molar-refractivity contribution is 9.10. The van der Waals surface area contributed by atoms with E-state index >= 15 is 0 Å². The molecule has 1 aliphatic carbocycles. The highest BCUT2D eigenvalue weighted by Crippen LogP contribution is 2.50. The van der Waals surface area contributed by atoms with E-state index in [0.717, 1.165) is 22.1 Å². The summed E-state index contributed by atoms with van der Waals surface area (Å²) in [4.78, 5) is 0.189. The normalized spacial score (nSPS) is 21.5. The minimum atomic E-state index is -3.84. The molecule has 0 saturated heterocycles. The molecule has 32 heavy (non-hydrogen) atoms. The third kappa shape index (κ3) is 4.05. The lowest BCUT2D eigenvalue weighted by Gasteiger charge is -2.37. The smallest absolute Gasteiger partial charge is 0.261 e. The standard InChI is InChI=1S/C24H19BrCl2N2O2S/c25-15-4-1-3-14(11-15)24-19-6-2-5-18(19)20-13-17(8-10-22(20)28-24)32(30,31)29-23-12-16(26)7-9-21(23)27/h1-5,7-13,18-19,24,28-29H,6H2/t18-,19+,24+/m0/s1. The average molecular weight is 550 g/mol. The molecule has 1 heterocycles. The van der Waals surface area contributed by atoms with E-state index < -0.39 is 10.0 Å². The van der Waals surface area contributed by atoms with Crippen LogP contribution in [0.1, 0.15) is 29.5 Å². The van der Waals surface area contributed by atoms with Gasteiger partial charge in [-0.15, -0.1) is 0 Å². The maximum absolute atomic E-state index is 13.1. The summed E-state index contributed by atoms with van der Waals surface area (Å²) in [7, 11) is -3.84. The van der Waals surface area contributed by atoms with Crippen LogP contribution in [0.5, 0.6) is 0 Å². The summed E-state index contributed by atoms with van der Waals surface area (Å²) >= 11 is 15.7. The molecule has 3 atom stereocenters. The lowest BCUT2D eigenvalue weighted by Crippen LogP contribution is -2.29. The molecule has 0 bridgehead atoms. The molecule has 0 radical (unpaired) electrons. The summed E-state index contributed by atoms with van der Waals surface area (Å²) in [5.74, 6) is 0.449. The molecule has 0 amide bonds. The van der Waals surface area contributed by atoms with E-state index in [1.807, 2.05) is 18.2 Å². The van der Waals surface area contributed by atoms with E-state index in [9.17, 15) is 8.42 Å². The van der Waals surface area contributed by atoms with Crippen molar-refractivity contribution in [3.63, 3.8) is 0 Å². The molecule has 0 fully saturated rings. The van der Waals surface area contributed by atoms with Crippen LogP contribution in [0.2, 0.25) is 10.0 Å². The second kappa shape index (κ2) is 8.41. The molecule has 0 spiro atoms. The third-order valence-electron chi connectivity index (χ3n) is 6.03. The zero-order chi connectivity index (χ0) is 22.5. The van der Waals surface area contributed by atoms with Crippen molar-refractivity contribution in [3.05, 3.63) is 98.5 Å². The van der Waals surface area contributed by atoms with Crippen LogP contribution in [0.3, 0.4) is 0 Å². The molecule has 5 rings (SSSR count). The number of allylic oxidation sites excluding steroid dienone is 2. The van der Waals surface area contributed by atoms with Gasteiger partial charge in [-0.3, -0.25) is 4.72 Å². The van der Waals surface area contributed by atoms with Crippen molar-refractivity contribution in [2.75, 3.05) is 10.0 Å². The number of rotatable bonds is 4. The van der Waals surface area contributed by atoms with Gasteiger partial charge >= 0.3 is 0 Å². The van der Waals surface area contributed by atoms with Gasteiger partial charge in [0.05, 0.1) is 21.6 Å². The average Bonchev–Trinajstić information content (AvgIpc) is 3.25. The molecule has 0 aromatic heterocycles. The first kappa shape index (κ1) is 21.8. The highest BCUT2D eigenvalue weighted by atomic mass is 79.9. The molecular weight excluding hydrogens is 531 g/mol. The maximum atomic E-state index is 13.1. The lowest BCUT2D eigenvalue weighted by atomic mass is 9.77. The van der Waals surface area contributed by atoms with Crippen molar-refractivity contribution in [2.24, 2.45) is 5.92 Å². The minimum Gasteiger partial charge on any atom is -0.378 e. The Kier molecular flexibility index (Phi) is 5.74. The third-order valence-corrected chi connectivity index (χ3v) is 8.45. The molecule has 8 heteroatoms. The van der Waals surface area contributed by atoms with Gasteiger partial charge in [0.1, 0.15) is 0 Å². The van der Waals surface area contributed by atoms with Crippen LogP contribution in [-0.2, 0) is 10.0 Å². The van der Waals surface area contributed by atoms with Crippen LogP contribution in [0, 0.1) is 5.92 Å². The van der Waals surface area contributed by atoms with Crippen molar-refractivity contribution in [3.8, 4) is 0 Å². The zero-order valence-electron chi connectivity index (χ0n) is 16.7. The lowest BCUT2D eigenvalue weighted by molar-refractivity contribution is 0.425. The molecule has 2 N–H and O–H groups in total. The van der Waals surface area contributed by atoms with Crippen LogP contribution in [0.15, 0.2) is 82.2 Å². The minimum absolute atomic E-state index is 0.139. The molecule has 2 aliphatic rings. The van der Waals surface area contributed by atoms with Gasteiger partial charge in [-0.1, -0.05) is 63.4 Å². The largest absolute Gasteiger partial charge is 0.378 e. The van der Waals surface area contributed by atoms with E-state index in [2.05, 4.69) is 50.3 Å². The Morgan fingerprint density at radius 3 is 2.69 bits per heavy atom. The molecule has 3 aromatic carbocycles. The quantitative estimate of drug-likeness (QED) is 0.334. The number of nitrogens with one attached hydrogen (secondary N) is 2. The summed E-state index contributed by atoms with van der Waals surface area (Å²) < 4.78 is 29.8. The summed E-state index contributed by atoms with van der Waals surface area (Å²) in [5.41, 5.74) is 3.39. The van der Waals surface area contributed by atoms with Crippen molar-refractivity contribution < 1.29 is 8.42 Å². The summed E-state index contributed by atoms with van der Waals surface area (Å²) in [6.07, 6.45) is 5.30. The van der Waals surface area contributed by atoms with E-state index in [1.54, 1.807) is 24.3 Å². The number of halogens is 3. The summed E-state index contributed by atoms with van der Waals surface area (Å²) in [6.45, 7) is 0. The zero-order valence-corrected chi connectivity index (χ0v) is 20.6. The number of anilines is 2. The second-order valence-corrected chi connectivity index (χ2v) is 11.5. The summed E-state index contributed by atoms with van der Waals surface area (Å²) in [6, 6.07) is 18.3. The van der Waals surface area contributed by atoms with Gasteiger partial charge in [0.2, 0.25) is 0 Å². The van der Waals surface area contributed by atoms with E-state index in [1.165, 1.54) is 11.6 Å². The van der Waals surface area contributed by atoms with Gasteiger partial charge in [-0.25, -0.2) is 8.42 Å². The fourth-order valence-corrected chi connectivity index (χ4v) is 6.46. The first-order valence-corrected chi connectivity index (χ1v) is 13.2. The van der Waals surface area contributed by atoms with Gasteiger partial charge in [-0.05, 0) is 72.0 Å². The molecular formula is C24H19BrCl2N2O2S. The Hall–Kier alpha value is -1.99. The molecule has 3 aromatic rings. The van der Waals surface area contributed by atoms with Gasteiger partial charge in [-0.2, -0.15) is 0 Å². The molecule has 1 aliphatic heterocycles. The summed E-state index contributed by atoms with van der Waals surface area (Å²) in [5, 5.41) is 4.33. The topological polar surface area (TPSA) is 58.2 Å². The number of sulfonamides is 1. The van der Waals surface area contributed by atoms with Crippen molar-refractivity contribution in [1.29, 1.82) is 0 Å². The van der Waals surface area contributed by atoms with Crippen LogP contribution >= 0.6 is 39.1 Å². The number of hydrogen-bond donors (Lipinski definition) is 2. The van der Waals surface area contributed by atoms with Crippen LogP contribution in [0.25, 0.3) is 0 Å². The monoisotopic (exact) mass is 548 g/mol. The van der Waals surface area contributed by atoms with E-state index in [4.69, 9.17) is 23.2 Å². The maximum Gasteiger partial charge on any atom is 0.261 e. The molecule has 164 valence electrons. The molecule has 0 unspecified atom stereocenters. The fraction of sp³-hybridized carbons (Fsp3) is 0.167. The van der Waals surface area contributed by atoms with Gasteiger partial charge in [0.25, 0.3) is 10.0 Å². The number of fused-ring (bicyclic) bond motifs is 3. The van der Waals surface area contributed by atoms with Crippen LogP contribution in [0.4, 0.5) is 11.4 Å². The highest BCUT2D eigenvalue weighted by Gasteiger charge is 2.38. The van der Waals surface area contributed by atoms with E-state index in [0.29, 0.717) is 10.9 Å². The Bertz CT molecular complexity index is 1340. The molecule has 0 saturated carbocycles. The predicted molar refractivity (Wildman–Crippen MR) is 134 cm³/mol. The van der Waals surface area contributed by atoms with Gasteiger partial charge in [0.15, 0.2) is 0 Å². The second-order valence-electron chi connectivity index (χ2n) is 8.01. The predicted octanol–water partition coefficient (Wildman–Crippen LogP) is 7.38. The fourth-order valence-electron chi connectivity index (χ4n) is 4.55. The number of benzene rings is 3. The molecule has 4 nitrogen and oxygen atoms in total. The van der Waals surface area contributed by atoms with Crippen molar-refractivity contribution in [1.82, 2.24) is 0 Å². The first-order chi connectivity index (χ1) is 15.3. The first-order valence-electron chi connectivity index (χ1n) is 10.1. The Balaban J connectivity index is 1.50. The van der Waals surface area contributed by atoms with Crippen molar-refractivity contribution in [2.45, 2.75) is 23.3 Å². The Morgan fingerprint density at radius 2 is 1.88 bits per heavy atom. The Labute approximate surface area is 205 Å². The van der Waals surface area contributed by atoms with Gasteiger partial charge < -0.3 is 5.32 Å².